The van der Waals surface area contributed by atoms with Gasteiger partial charge in [0.1, 0.15) is 0 Å². The van der Waals surface area contributed by atoms with E-state index in [0.29, 0.717) is 17.7 Å². The Kier molecular flexibility index (Phi) is 2.88. The smallest absolute Gasteiger partial charge is 0.230 e. The van der Waals surface area contributed by atoms with Crippen molar-refractivity contribution in [2.45, 2.75) is 38.1 Å². The maximum absolute atomic E-state index is 6.12. The maximum Gasteiger partial charge on any atom is 0.230 e. The van der Waals surface area contributed by atoms with Crippen molar-refractivity contribution < 1.29 is 4.52 Å². The Morgan fingerprint density at radius 3 is 2.82 bits per heavy atom. The monoisotopic (exact) mass is 236 g/mol. The van der Waals surface area contributed by atoms with E-state index in [0.717, 1.165) is 25.5 Å². The average Bonchev–Trinajstić information content (AvgIpc) is 2.79. The molecule has 17 heavy (non-hydrogen) atoms. The minimum Gasteiger partial charge on any atom is -0.339 e. The van der Waals surface area contributed by atoms with Crippen LogP contribution >= 0.6 is 0 Å². The summed E-state index contributed by atoms with van der Waals surface area (Å²) < 4.78 is 5.28. The van der Waals surface area contributed by atoms with Gasteiger partial charge in [-0.15, -0.1) is 0 Å². The van der Waals surface area contributed by atoms with Crippen molar-refractivity contribution in [1.29, 1.82) is 0 Å². The van der Waals surface area contributed by atoms with Crippen LogP contribution in [-0.2, 0) is 0 Å². The van der Waals surface area contributed by atoms with Crippen molar-refractivity contribution >= 4 is 0 Å². The zero-order valence-corrected chi connectivity index (χ0v) is 10.3. The van der Waals surface area contributed by atoms with Crippen molar-refractivity contribution in [3.05, 3.63) is 11.7 Å². The van der Waals surface area contributed by atoms with Gasteiger partial charge < -0.3 is 15.2 Å². The molecule has 1 aliphatic carbocycles. The number of aromatic nitrogens is 2. The van der Waals surface area contributed by atoms with Gasteiger partial charge in [0.25, 0.3) is 0 Å². The molecule has 3 unspecified atom stereocenters. The Balaban J connectivity index is 1.60. The standard InChI is InChI=1S/C12H20N4O/c1-8-6-9(8)12-14-11(15-17-12)10(13)7-16-4-2-3-5-16/h8-10H,2-7,13H2,1H3. The summed E-state index contributed by atoms with van der Waals surface area (Å²) in [7, 11) is 0. The summed E-state index contributed by atoms with van der Waals surface area (Å²) in [5, 5.41) is 4.02. The third-order valence-electron chi connectivity index (χ3n) is 3.87. The Labute approximate surface area is 101 Å². The van der Waals surface area contributed by atoms with Gasteiger partial charge in [0.15, 0.2) is 5.82 Å². The van der Waals surface area contributed by atoms with Crippen LogP contribution in [-0.4, -0.2) is 34.7 Å². The maximum atomic E-state index is 6.12. The lowest BCUT2D eigenvalue weighted by atomic mass is 10.2. The minimum atomic E-state index is -0.111. The van der Waals surface area contributed by atoms with Crippen molar-refractivity contribution in [1.82, 2.24) is 15.0 Å². The molecule has 2 aliphatic rings. The van der Waals surface area contributed by atoms with Gasteiger partial charge in [-0.3, -0.25) is 0 Å². The molecular weight excluding hydrogens is 216 g/mol. The van der Waals surface area contributed by atoms with Gasteiger partial charge in [-0.25, -0.2) is 0 Å². The molecule has 0 amide bonds. The highest BCUT2D eigenvalue weighted by atomic mass is 16.5. The van der Waals surface area contributed by atoms with Crippen molar-refractivity contribution in [2.75, 3.05) is 19.6 Å². The van der Waals surface area contributed by atoms with Crippen LogP contribution < -0.4 is 5.73 Å². The Bertz CT molecular complexity index is 386. The molecule has 5 heteroatoms. The first-order valence-corrected chi connectivity index (χ1v) is 6.55. The Morgan fingerprint density at radius 1 is 1.47 bits per heavy atom. The summed E-state index contributed by atoms with van der Waals surface area (Å²) in [5.41, 5.74) is 6.12. The van der Waals surface area contributed by atoms with Crippen LogP contribution in [0, 0.1) is 5.92 Å². The van der Waals surface area contributed by atoms with Gasteiger partial charge in [-0.05, 0) is 38.3 Å². The number of hydrogen-bond donors (Lipinski definition) is 1. The molecule has 1 aromatic heterocycles. The number of nitrogens with two attached hydrogens (primary N) is 1. The minimum absolute atomic E-state index is 0.111. The third kappa shape index (κ3) is 2.35. The molecule has 0 spiro atoms. The number of rotatable bonds is 4. The SMILES string of the molecule is CC1CC1c1nc(C(N)CN2CCCC2)no1. The Morgan fingerprint density at radius 2 is 2.18 bits per heavy atom. The van der Waals surface area contributed by atoms with Crippen LogP contribution in [0.25, 0.3) is 0 Å². The quantitative estimate of drug-likeness (QED) is 0.853. The summed E-state index contributed by atoms with van der Waals surface area (Å²) in [5.74, 6) is 2.63. The topological polar surface area (TPSA) is 68.2 Å². The molecule has 0 bridgehead atoms. The van der Waals surface area contributed by atoms with Crippen LogP contribution in [0.5, 0.6) is 0 Å². The van der Waals surface area contributed by atoms with E-state index in [1.807, 2.05) is 0 Å². The lowest BCUT2D eigenvalue weighted by Gasteiger charge is -2.17. The molecular formula is C12H20N4O. The lowest BCUT2D eigenvalue weighted by Crippen LogP contribution is -2.30. The highest BCUT2D eigenvalue weighted by Crippen LogP contribution is 2.46. The highest BCUT2D eigenvalue weighted by Gasteiger charge is 2.39. The molecule has 1 aromatic rings. The van der Waals surface area contributed by atoms with Crippen LogP contribution in [0.1, 0.15) is 49.9 Å². The van der Waals surface area contributed by atoms with E-state index in [2.05, 4.69) is 22.0 Å². The molecule has 2 fully saturated rings. The van der Waals surface area contributed by atoms with E-state index in [-0.39, 0.29) is 6.04 Å². The number of hydrogen-bond acceptors (Lipinski definition) is 5. The second kappa shape index (κ2) is 4.38. The summed E-state index contributed by atoms with van der Waals surface area (Å²) in [6.07, 6.45) is 3.73. The zero-order chi connectivity index (χ0) is 11.8. The molecule has 3 rings (SSSR count). The van der Waals surface area contributed by atoms with Gasteiger partial charge in [-0.1, -0.05) is 12.1 Å². The summed E-state index contributed by atoms with van der Waals surface area (Å²) >= 11 is 0. The second-order valence-corrected chi connectivity index (χ2v) is 5.42. The molecule has 94 valence electrons. The number of likely N-dealkylation sites (tertiary alicyclic amines) is 1. The fraction of sp³-hybridized carbons (Fsp3) is 0.833. The fourth-order valence-electron chi connectivity index (χ4n) is 2.54. The van der Waals surface area contributed by atoms with Crippen LogP contribution in [0.3, 0.4) is 0 Å². The summed E-state index contributed by atoms with van der Waals surface area (Å²) in [6, 6.07) is -0.111. The lowest BCUT2D eigenvalue weighted by molar-refractivity contribution is 0.305. The fourth-order valence-corrected chi connectivity index (χ4v) is 2.54. The van der Waals surface area contributed by atoms with Crippen molar-refractivity contribution in [3.8, 4) is 0 Å². The zero-order valence-electron chi connectivity index (χ0n) is 10.3. The normalized spacial score (nSPS) is 30.7. The Hall–Kier alpha value is -0.940. The van der Waals surface area contributed by atoms with E-state index >= 15 is 0 Å². The molecule has 0 aromatic carbocycles. The first-order valence-electron chi connectivity index (χ1n) is 6.55. The molecule has 1 saturated heterocycles. The molecule has 5 nitrogen and oxygen atoms in total. The van der Waals surface area contributed by atoms with Crippen LogP contribution in [0.2, 0.25) is 0 Å². The second-order valence-electron chi connectivity index (χ2n) is 5.42. The van der Waals surface area contributed by atoms with Gasteiger partial charge in [0.2, 0.25) is 5.89 Å². The van der Waals surface area contributed by atoms with E-state index in [9.17, 15) is 0 Å². The molecule has 3 atom stereocenters. The van der Waals surface area contributed by atoms with E-state index in [1.165, 1.54) is 19.3 Å². The first-order chi connectivity index (χ1) is 8.24. The molecule has 0 radical (unpaired) electrons. The van der Waals surface area contributed by atoms with Gasteiger partial charge in [0, 0.05) is 12.5 Å². The molecule has 2 N–H and O–H groups in total. The predicted octanol–water partition coefficient (Wildman–Crippen LogP) is 1.29. The van der Waals surface area contributed by atoms with Gasteiger partial charge in [0.05, 0.1) is 6.04 Å². The number of nitrogens with zero attached hydrogens (tertiary/aromatic N) is 3. The van der Waals surface area contributed by atoms with Crippen LogP contribution in [0.15, 0.2) is 4.52 Å². The molecule has 2 heterocycles. The summed E-state index contributed by atoms with van der Waals surface area (Å²) in [4.78, 5) is 6.81. The van der Waals surface area contributed by atoms with Crippen molar-refractivity contribution in [3.63, 3.8) is 0 Å². The van der Waals surface area contributed by atoms with Gasteiger partial charge in [-0.2, -0.15) is 4.98 Å². The van der Waals surface area contributed by atoms with Gasteiger partial charge >= 0.3 is 0 Å². The largest absolute Gasteiger partial charge is 0.339 e. The highest BCUT2D eigenvalue weighted by molar-refractivity contribution is 5.07. The summed E-state index contributed by atoms with van der Waals surface area (Å²) in [6.45, 7) is 5.36. The first kappa shape index (κ1) is 11.2. The van der Waals surface area contributed by atoms with Crippen LogP contribution in [0.4, 0.5) is 0 Å². The van der Waals surface area contributed by atoms with E-state index in [1.54, 1.807) is 0 Å². The van der Waals surface area contributed by atoms with Crippen molar-refractivity contribution in [2.24, 2.45) is 11.7 Å². The third-order valence-corrected chi connectivity index (χ3v) is 3.87. The van der Waals surface area contributed by atoms with E-state index in [4.69, 9.17) is 10.3 Å². The molecule has 1 saturated carbocycles. The predicted molar refractivity (Wildman–Crippen MR) is 63.4 cm³/mol. The average molecular weight is 236 g/mol. The molecule has 1 aliphatic heterocycles. The van der Waals surface area contributed by atoms with E-state index < -0.39 is 0 Å².